The Bertz CT molecular complexity index is 1170. The number of hydrogen-bond acceptors (Lipinski definition) is 5. The summed E-state index contributed by atoms with van der Waals surface area (Å²) in [6.07, 6.45) is 1.59. The van der Waals surface area contributed by atoms with Crippen molar-refractivity contribution in [2.45, 2.75) is 20.1 Å². The van der Waals surface area contributed by atoms with Crippen molar-refractivity contribution in [2.75, 3.05) is 5.32 Å². The molecule has 2 aromatic carbocycles. The first-order chi connectivity index (χ1) is 14.6. The zero-order chi connectivity index (χ0) is 20.9. The number of anilines is 1. The second-order valence-electron chi connectivity index (χ2n) is 6.71. The van der Waals surface area contributed by atoms with Gasteiger partial charge in [0.15, 0.2) is 0 Å². The molecule has 0 aliphatic heterocycles. The molecule has 2 aromatic heterocycles. The number of thiophene rings is 1. The maximum Gasteiger partial charge on any atom is 0.268 e. The first kappa shape index (κ1) is 19.8. The highest BCUT2D eigenvalue weighted by molar-refractivity contribution is 7.12. The Balaban J connectivity index is 1.34. The van der Waals surface area contributed by atoms with Gasteiger partial charge >= 0.3 is 0 Å². The number of ether oxygens (including phenoxy) is 1. The molecule has 152 valence electrons. The number of carbonyl (C=O) groups is 1. The zero-order valence-electron chi connectivity index (χ0n) is 16.2. The number of aryl methyl sites for hydroxylation is 1. The van der Waals surface area contributed by atoms with Gasteiger partial charge in [-0.1, -0.05) is 30.3 Å². The molecule has 0 aliphatic rings. The van der Waals surface area contributed by atoms with Crippen LogP contribution in [0, 0.1) is 12.7 Å². The van der Waals surface area contributed by atoms with Gasteiger partial charge in [-0.25, -0.2) is 14.1 Å². The van der Waals surface area contributed by atoms with E-state index < -0.39 is 0 Å². The minimum Gasteiger partial charge on any atom is -0.489 e. The van der Waals surface area contributed by atoms with Gasteiger partial charge in [-0.2, -0.15) is 0 Å². The predicted molar refractivity (Wildman–Crippen MR) is 113 cm³/mol. The lowest BCUT2D eigenvalue weighted by Gasteiger charge is -2.04. The van der Waals surface area contributed by atoms with Crippen molar-refractivity contribution >= 4 is 23.2 Å². The Morgan fingerprint density at radius 3 is 2.90 bits per heavy atom. The van der Waals surface area contributed by atoms with Crippen LogP contribution < -0.4 is 10.1 Å². The van der Waals surface area contributed by atoms with Crippen LogP contribution in [0.25, 0.3) is 0 Å². The van der Waals surface area contributed by atoms with Crippen molar-refractivity contribution in [3.63, 3.8) is 0 Å². The molecule has 6 nitrogen and oxygen atoms in total. The highest BCUT2D eigenvalue weighted by Crippen LogP contribution is 2.19. The number of aromatic nitrogens is 3. The summed E-state index contributed by atoms with van der Waals surface area (Å²) in [5.74, 6) is 0.0491. The molecule has 4 aromatic rings. The zero-order valence-corrected chi connectivity index (χ0v) is 17.0. The fourth-order valence-corrected chi connectivity index (χ4v) is 3.64. The van der Waals surface area contributed by atoms with Crippen molar-refractivity contribution in [3.8, 4) is 5.75 Å². The van der Waals surface area contributed by atoms with Crippen LogP contribution in [0.4, 0.5) is 10.3 Å². The molecule has 0 bridgehead atoms. The van der Waals surface area contributed by atoms with Crippen molar-refractivity contribution in [1.29, 1.82) is 0 Å². The normalized spacial score (nSPS) is 10.7. The van der Waals surface area contributed by atoms with Gasteiger partial charge in [0.1, 0.15) is 24.5 Å². The third-order valence-corrected chi connectivity index (χ3v) is 5.41. The van der Waals surface area contributed by atoms with E-state index in [2.05, 4.69) is 15.4 Å². The van der Waals surface area contributed by atoms with Crippen LogP contribution in [-0.4, -0.2) is 20.7 Å². The van der Waals surface area contributed by atoms with Crippen LogP contribution in [-0.2, 0) is 13.2 Å². The Labute approximate surface area is 177 Å². The van der Waals surface area contributed by atoms with E-state index in [1.165, 1.54) is 29.0 Å². The van der Waals surface area contributed by atoms with E-state index in [9.17, 15) is 9.18 Å². The molecule has 0 unspecified atom stereocenters. The highest BCUT2D eigenvalue weighted by Gasteiger charge is 2.13. The molecule has 0 saturated heterocycles. The molecule has 0 radical (unpaired) electrons. The summed E-state index contributed by atoms with van der Waals surface area (Å²) in [6, 6.07) is 15.7. The summed E-state index contributed by atoms with van der Waals surface area (Å²) in [6.45, 7) is 2.87. The van der Waals surface area contributed by atoms with Gasteiger partial charge in [-0.3, -0.25) is 10.1 Å². The molecular weight excluding hydrogens is 403 g/mol. The number of amides is 1. The average Bonchev–Trinajstić information content (AvgIpc) is 3.38. The number of rotatable bonds is 7. The highest BCUT2D eigenvalue weighted by atomic mass is 32.1. The van der Waals surface area contributed by atoms with Crippen LogP contribution in [0.1, 0.15) is 26.4 Å². The number of nitrogens with zero attached hydrogens (tertiary/aromatic N) is 3. The number of hydrogen-bond donors (Lipinski definition) is 1. The van der Waals surface area contributed by atoms with Crippen molar-refractivity contribution in [3.05, 3.63) is 93.7 Å². The molecule has 2 heterocycles. The fourth-order valence-electron chi connectivity index (χ4n) is 2.85. The largest absolute Gasteiger partial charge is 0.489 e. The van der Waals surface area contributed by atoms with E-state index in [1.54, 1.807) is 29.2 Å². The van der Waals surface area contributed by atoms with Gasteiger partial charge in [0.2, 0.25) is 5.95 Å². The fraction of sp³-hybridized carbons (Fsp3) is 0.136. The second kappa shape index (κ2) is 8.87. The summed E-state index contributed by atoms with van der Waals surface area (Å²) < 4.78 is 20.5. The van der Waals surface area contributed by atoms with E-state index in [0.717, 1.165) is 11.1 Å². The molecule has 30 heavy (non-hydrogen) atoms. The number of nitrogens with one attached hydrogen (secondary N) is 1. The smallest absolute Gasteiger partial charge is 0.268 e. The van der Waals surface area contributed by atoms with E-state index in [-0.39, 0.29) is 24.3 Å². The molecule has 1 N–H and O–H groups in total. The lowest BCUT2D eigenvalue weighted by atomic mass is 10.1. The van der Waals surface area contributed by atoms with Crippen LogP contribution in [0.3, 0.4) is 0 Å². The van der Waals surface area contributed by atoms with Gasteiger partial charge in [0.05, 0.1) is 11.4 Å². The third-order valence-electron chi connectivity index (χ3n) is 4.43. The third kappa shape index (κ3) is 4.90. The van der Waals surface area contributed by atoms with Gasteiger partial charge in [-0.15, -0.1) is 16.4 Å². The molecule has 4 rings (SSSR count). The second-order valence-corrected chi connectivity index (χ2v) is 7.62. The lowest BCUT2D eigenvalue weighted by Crippen LogP contribution is -2.12. The summed E-state index contributed by atoms with van der Waals surface area (Å²) >= 11 is 1.30. The minimum absolute atomic E-state index is 0.247. The molecule has 0 spiro atoms. The Morgan fingerprint density at radius 2 is 2.07 bits per heavy atom. The van der Waals surface area contributed by atoms with Crippen LogP contribution in [0.15, 0.2) is 66.3 Å². The van der Waals surface area contributed by atoms with Crippen molar-refractivity contribution in [2.24, 2.45) is 0 Å². The molecule has 0 aliphatic carbocycles. The first-order valence-corrected chi connectivity index (χ1v) is 10.2. The molecular formula is C22H19FN4O2S. The SMILES string of the molecule is Cc1ccccc1Cn1cnc(NC(=O)c2cc(COc3cccc(F)c3)cs2)n1. The van der Waals surface area contributed by atoms with Gasteiger partial charge in [0, 0.05) is 11.6 Å². The van der Waals surface area contributed by atoms with E-state index >= 15 is 0 Å². The van der Waals surface area contributed by atoms with Crippen LogP contribution >= 0.6 is 11.3 Å². The average molecular weight is 422 g/mol. The Morgan fingerprint density at radius 1 is 1.20 bits per heavy atom. The number of halogens is 1. The summed E-state index contributed by atoms with van der Waals surface area (Å²) in [7, 11) is 0. The molecule has 1 amide bonds. The predicted octanol–water partition coefficient (Wildman–Crippen LogP) is 4.67. The van der Waals surface area contributed by atoms with Gasteiger partial charge < -0.3 is 4.74 Å². The molecule has 8 heteroatoms. The first-order valence-electron chi connectivity index (χ1n) is 9.28. The quantitative estimate of drug-likeness (QED) is 0.470. The van der Waals surface area contributed by atoms with Crippen molar-refractivity contribution < 1.29 is 13.9 Å². The van der Waals surface area contributed by atoms with Crippen molar-refractivity contribution in [1.82, 2.24) is 14.8 Å². The standard InChI is InChI=1S/C22H19FN4O2S/c1-15-5-2-3-6-17(15)11-27-14-24-22(26-27)25-21(28)20-9-16(13-30-20)12-29-19-8-4-7-18(23)10-19/h2-10,13-14H,11-12H2,1H3,(H,25,26,28). The van der Waals surface area contributed by atoms with E-state index in [1.807, 2.05) is 36.6 Å². The Kier molecular flexibility index (Phi) is 5.85. The van der Waals surface area contributed by atoms with Crippen LogP contribution in [0.2, 0.25) is 0 Å². The minimum atomic E-state index is -0.354. The van der Waals surface area contributed by atoms with E-state index in [4.69, 9.17) is 4.74 Å². The molecule has 0 atom stereocenters. The Hall–Kier alpha value is -3.52. The number of carbonyl (C=O) groups excluding carboxylic acids is 1. The maximum atomic E-state index is 13.2. The van der Waals surface area contributed by atoms with Crippen LogP contribution in [0.5, 0.6) is 5.75 Å². The summed E-state index contributed by atoms with van der Waals surface area (Å²) in [5.41, 5.74) is 3.14. The molecule has 0 fully saturated rings. The summed E-state index contributed by atoms with van der Waals surface area (Å²) in [5, 5.41) is 8.86. The number of benzene rings is 2. The lowest BCUT2D eigenvalue weighted by molar-refractivity contribution is 0.102. The monoisotopic (exact) mass is 422 g/mol. The maximum absolute atomic E-state index is 13.2. The molecule has 0 saturated carbocycles. The topological polar surface area (TPSA) is 69.0 Å². The summed E-state index contributed by atoms with van der Waals surface area (Å²) in [4.78, 5) is 17.2. The van der Waals surface area contributed by atoms with Gasteiger partial charge in [0.25, 0.3) is 5.91 Å². The van der Waals surface area contributed by atoms with E-state index in [0.29, 0.717) is 17.2 Å². The van der Waals surface area contributed by atoms with Gasteiger partial charge in [-0.05, 0) is 41.6 Å².